The fraction of sp³-hybridized carbons (Fsp3) is 0.308. The Kier molecular flexibility index (Phi) is 6.62. The summed E-state index contributed by atoms with van der Waals surface area (Å²) in [5.74, 6) is 0.0248. The minimum absolute atomic E-state index is 0.0248. The van der Waals surface area contributed by atoms with Crippen LogP contribution in [0.2, 0.25) is 10.6 Å². The molecule has 1 N–H and O–H groups in total. The summed E-state index contributed by atoms with van der Waals surface area (Å²) in [6, 6.07) is 9.33. The number of carbonyl (C=O) groups is 1. The van der Waals surface area contributed by atoms with Gasteiger partial charge in [-0.05, 0) is 0 Å². The van der Waals surface area contributed by atoms with E-state index >= 15 is 0 Å². The van der Waals surface area contributed by atoms with Gasteiger partial charge in [-0.15, -0.1) is 0 Å². The number of nitrogens with one attached hydrogen (secondary N) is 1. The number of allylic oxidation sites excluding steroid dienone is 1. The van der Waals surface area contributed by atoms with Crippen molar-refractivity contribution in [1.82, 2.24) is 5.32 Å². The second-order valence-corrected chi connectivity index (χ2v) is 5.75. The Labute approximate surface area is 103 Å². The van der Waals surface area contributed by atoms with E-state index < -0.39 is 0 Å². The molecule has 0 aromatic heterocycles. The molecule has 0 bridgehead atoms. The molecule has 0 saturated carbocycles. The van der Waals surface area contributed by atoms with E-state index in [0.717, 1.165) is 23.8 Å². The van der Waals surface area contributed by atoms with Gasteiger partial charge in [0.15, 0.2) is 0 Å². The molecule has 0 aliphatic carbocycles. The first kappa shape index (κ1) is 13.0. The number of hydrogen-bond acceptors (Lipinski definition) is 1. The average molecular weight is 282 g/mol. The van der Waals surface area contributed by atoms with Crippen LogP contribution in [0, 0.1) is 0 Å². The van der Waals surface area contributed by atoms with Gasteiger partial charge in [-0.1, -0.05) is 0 Å². The maximum atomic E-state index is 11.6. The molecule has 0 heterocycles. The molecule has 16 heavy (non-hydrogen) atoms. The third-order valence-corrected chi connectivity index (χ3v) is 4.22. The molecule has 0 spiro atoms. The van der Waals surface area contributed by atoms with Crippen molar-refractivity contribution in [2.24, 2.45) is 0 Å². The number of amides is 1. The molecule has 1 aromatic rings. The van der Waals surface area contributed by atoms with Crippen molar-refractivity contribution in [3.8, 4) is 0 Å². The van der Waals surface area contributed by atoms with Crippen LogP contribution in [0.15, 0.2) is 43.0 Å². The maximum absolute atomic E-state index is 11.6. The Balaban J connectivity index is 2.14. The molecular formula is C13H17NOSe. The monoisotopic (exact) mass is 283 g/mol. The molecule has 2 nitrogen and oxygen atoms in total. The van der Waals surface area contributed by atoms with Crippen LogP contribution in [-0.4, -0.2) is 27.4 Å². The van der Waals surface area contributed by atoms with Crippen LogP contribution in [0.1, 0.15) is 16.8 Å². The van der Waals surface area contributed by atoms with Gasteiger partial charge < -0.3 is 0 Å². The number of rotatable bonds is 7. The quantitative estimate of drug-likeness (QED) is 0.465. The van der Waals surface area contributed by atoms with Crippen LogP contribution < -0.4 is 5.32 Å². The molecule has 0 fully saturated rings. The van der Waals surface area contributed by atoms with Crippen molar-refractivity contribution in [2.45, 2.75) is 17.1 Å². The Morgan fingerprint density at radius 2 is 2.12 bits per heavy atom. The Morgan fingerprint density at radius 1 is 1.38 bits per heavy atom. The summed E-state index contributed by atoms with van der Waals surface area (Å²) in [5, 5.41) is 5.25. The van der Waals surface area contributed by atoms with Gasteiger partial charge in [0, 0.05) is 0 Å². The summed E-state index contributed by atoms with van der Waals surface area (Å²) in [5.41, 5.74) is 0.735. The normalized spacial score (nSPS) is 9.75. The Bertz CT molecular complexity index is 324. The van der Waals surface area contributed by atoms with Crippen molar-refractivity contribution in [1.29, 1.82) is 0 Å². The first-order valence-corrected chi connectivity index (χ1v) is 7.78. The summed E-state index contributed by atoms with van der Waals surface area (Å²) >= 11 is 0.652. The zero-order valence-electron chi connectivity index (χ0n) is 9.32. The molecular weight excluding hydrogens is 265 g/mol. The fourth-order valence-electron chi connectivity index (χ4n) is 1.23. The molecule has 3 heteroatoms. The van der Waals surface area contributed by atoms with Crippen molar-refractivity contribution in [2.75, 3.05) is 6.54 Å². The Morgan fingerprint density at radius 3 is 2.81 bits per heavy atom. The third-order valence-electron chi connectivity index (χ3n) is 2.02. The topological polar surface area (TPSA) is 29.1 Å². The van der Waals surface area contributed by atoms with Crippen LogP contribution in [0.25, 0.3) is 0 Å². The second kappa shape index (κ2) is 8.14. The molecule has 86 valence electrons. The minimum atomic E-state index is 0.0248. The van der Waals surface area contributed by atoms with Crippen molar-refractivity contribution < 1.29 is 4.79 Å². The van der Waals surface area contributed by atoms with Gasteiger partial charge in [0.05, 0.1) is 0 Å². The molecule has 0 atom stereocenters. The van der Waals surface area contributed by atoms with Gasteiger partial charge in [-0.3, -0.25) is 0 Å². The van der Waals surface area contributed by atoms with Crippen LogP contribution >= 0.6 is 0 Å². The van der Waals surface area contributed by atoms with Crippen molar-refractivity contribution in [3.63, 3.8) is 0 Å². The van der Waals surface area contributed by atoms with E-state index in [9.17, 15) is 4.79 Å². The molecule has 0 unspecified atom stereocenters. The van der Waals surface area contributed by atoms with Crippen LogP contribution in [0.5, 0.6) is 0 Å². The first-order chi connectivity index (χ1) is 7.84. The SMILES string of the molecule is C=CC[Se]CCCNC(=O)c1ccccc1. The number of benzene rings is 1. The summed E-state index contributed by atoms with van der Waals surface area (Å²) in [6.07, 6.45) is 3.02. The first-order valence-electron chi connectivity index (χ1n) is 5.36. The van der Waals surface area contributed by atoms with E-state index in [-0.39, 0.29) is 5.91 Å². The van der Waals surface area contributed by atoms with Crippen LogP contribution in [-0.2, 0) is 0 Å². The van der Waals surface area contributed by atoms with Crippen molar-refractivity contribution >= 4 is 20.9 Å². The van der Waals surface area contributed by atoms with Crippen molar-refractivity contribution in [3.05, 3.63) is 48.6 Å². The van der Waals surface area contributed by atoms with E-state index in [1.807, 2.05) is 36.4 Å². The van der Waals surface area contributed by atoms with Gasteiger partial charge in [-0.2, -0.15) is 0 Å². The molecule has 1 aromatic carbocycles. The number of carbonyl (C=O) groups excluding carboxylic acids is 1. The van der Waals surface area contributed by atoms with Gasteiger partial charge in [0.25, 0.3) is 0 Å². The Hall–Kier alpha value is -1.05. The van der Waals surface area contributed by atoms with Gasteiger partial charge in [0.1, 0.15) is 0 Å². The number of hydrogen-bond donors (Lipinski definition) is 1. The summed E-state index contributed by atoms with van der Waals surface area (Å²) < 4.78 is 0. The molecule has 1 amide bonds. The molecule has 0 aliphatic rings. The second-order valence-electron chi connectivity index (χ2n) is 3.34. The van der Waals surface area contributed by atoms with E-state index in [1.165, 1.54) is 5.32 Å². The average Bonchev–Trinajstić information content (AvgIpc) is 2.34. The van der Waals surface area contributed by atoms with Gasteiger partial charge >= 0.3 is 103 Å². The predicted molar refractivity (Wildman–Crippen MR) is 69.0 cm³/mol. The predicted octanol–water partition coefficient (Wildman–Crippen LogP) is 2.53. The zero-order valence-corrected chi connectivity index (χ0v) is 11.0. The molecule has 0 saturated heterocycles. The van der Waals surface area contributed by atoms with Crippen LogP contribution in [0.4, 0.5) is 0 Å². The molecule has 1 rings (SSSR count). The standard InChI is InChI=1S/C13H17NOSe/c1-2-10-16-11-6-9-14-13(15)12-7-4-3-5-8-12/h2-5,7-8H,1,6,9-11H2,(H,14,15). The van der Waals surface area contributed by atoms with Gasteiger partial charge in [-0.25, -0.2) is 0 Å². The summed E-state index contributed by atoms with van der Waals surface area (Å²) in [4.78, 5) is 11.6. The molecule has 0 aliphatic heterocycles. The van der Waals surface area contributed by atoms with E-state index in [2.05, 4.69) is 11.9 Å². The van der Waals surface area contributed by atoms with E-state index in [0.29, 0.717) is 15.0 Å². The summed E-state index contributed by atoms with van der Waals surface area (Å²) in [6.45, 7) is 4.46. The van der Waals surface area contributed by atoms with Crippen LogP contribution in [0.3, 0.4) is 0 Å². The van der Waals surface area contributed by atoms with E-state index in [4.69, 9.17) is 0 Å². The zero-order chi connectivity index (χ0) is 11.6. The van der Waals surface area contributed by atoms with Gasteiger partial charge in [0.2, 0.25) is 0 Å². The summed E-state index contributed by atoms with van der Waals surface area (Å²) in [7, 11) is 0. The molecule has 0 radical (unpaired) electrons. The third kappa shape index (κ3) is 5.15. The fourth-order valence-corrected chi connectivity index (χ4v) is 2.66. The van der Waals surface area contributed by atoms with E-state index in [1.54, 1.807) is 0 Å².